The van der Waals surface area contributed by atoms with Gasteiger partial charge in [0.05, 0.1) is 0 Å². The molecular weight excluding hydrogens is 318 g/mol. The predicted octanol–water partition coefficient (Wildman–Crippen LogP) is 3.91. The number of hydrogen-bond acceptors (Lipinski definition) is 6. The minimum Gasteiger partial charge on any atom is -0.453 e. The zero-order valence-electron chi connectivity index (χ0n) is 11.4. The molecule has 110 valence electrons. The molecule has 22 heavy (non-hydrogen) atoms. The Morgan fingerprint density at radius 2 is 1.91 bits per heavy atom. The number of benzene rings is 1. The van der Waals surface area contributed by atoms with E-state index in [1.165, 1.54) is 11.3 Å². The van der Waals surface area contributed by atoms with Crippen LogP contribution in [-0.4, -0.2) is 23.3 Å². The van der Waals surface area contributed by atoms with Crippen LogP contribution in [0.1, 0.15) is 20.8 Å². The Kier molecular flexibility index (Phi) is 4.41. The maximum absolute atomic E-state index is 11.9. The van der Waals surface area contributed by atoms with Crippen LogP contribution in [0.2, 0.25) is 0 Å². The molecule has 0 amide bonds. The van der Waals surface area contributed by atoms with Crippen molar-refractivity contribution < 1.29 is 14.3 Å². The number of esters is 1. The number of ketones is 1. The molecule has 0 aliphatic carbocycles. The number of ether oxygens (including phenoxy) is 1. The fourth-order valence-electron chi connectivity index (χ4n) is 1.80. The van der Waals surface area contributed by atoms with E-state index in [1.54, 1.807) is 41.0 Å². The fourth-order valence-corrected chi connectivity index (χ4v) is 3.30. The molecule has 4 nitrogen and oxygen atoms in total. The summed E-state index contributed by atoms with van der Waals surface area (Å²) in [7, 11) is 0. The predicted molar refractivity (Wildman–Crippen MR) is 86.5 cm³/mol. The smallest absolute Gasteiger partial charge is 0.358 e. The molecule has 2 aromatic heterocycles. The molecule has 2 heterocycles. The van der Waals surface area contributed by atoms with Gasteiger partial charge in [-0.1, -0.05) is 30.3 Å². The number of thiazole rings is 1. The number of rotatable bonds is 5. The fraction of sp³-hybridized carbons (Fsp3) is 0.0625. The number of carbonyl (C=O) groups excluding carboxylic acids is 2. The van der Waals surface area contributed by atoms with E-state index in [1.807, 2.05) is 22.9 Å². The SMILES string of the molecule is O=C(COC(=O)c1csc(-c2ccsc2)n1)c1ccccc1. The van der Waals surface area contributed by atoms with Crippen molar-refractivity contribution >= 4 is 34.4 Å². The third-order valence-electron chi connectivity index (χ3n) is 2.91. The lowest BCUT2D eigenvalue weighted by atomic mass is 10.1. The molecule has 6 heteroatoms. The van der Waals surface area contributed by atoms with Crippen molar-refractivity contribution in [1.29, 1.82) is 0 Å². The summed E-state index contributed by atoms with van der Waals surface area (Å²) < 4.78 is 5.03. The first-order valence-electron chi connectivity index (χ1n) is 6.47. The van der Waals surface area contributed by atoms with Gasteiger partial charge in [0.1, 0.15) is 5.01 Å². The number of aromatic nitrogens is 1. The molecule has 0 aliphatic heterocycles. The van der Waals surface area contributed by atoms with E-state index < -0.39 is 5.97 Å². The molecule has 0 aliphatic rings. The molecule has 0 atom stereocenters. The van der Waals surface area contributed by atoms with Gasteiger partial charge in [0.15, 0.2) is 18.1 Å². The summed E-state index contributed by atoms with van der Waals surface area (Å²) in [5.41, 5.74) is 1.73. The highest BCUT2D eigenvalue weighted by molar-refractivity contribution is 7.14. The Balaban J connectivity index is 1.62. The summed E-state index contributed by atoms with van der Waals surface area (Å²) in [6.07, 6.45) is 0. The number of Topliss-reactive ketones (excluding diaryl/α,β-unsaturated/α-hetero) is 1. The van der Waals surface area contributed by atoms with E-state index in [2.05, 4.69) is 4.98 Å². The molecule has 1 aromatic carbocycles. The summed E-state index contributed by atoms with van der Waals surface area (Å²) in [6, 6.07) is 10.7. The van der Waals surface area contributed by atoms with Crippen LogP contribution in [0, 0.1) is 0 Å². The van der Waals surface area contributed by atoms with Crippen LogP contribution >= 0.6 is 22.7 Å². The second-order valence-electron chi connectivity index (χ2n) is 4.42. The van der Waals surface area contributed by atoms with Gasteiger partial charge in [0.2, 0.25) is 0 Å². The number of carbonyl (C=O) groups is 2. The van der Waals surface area contributed by atoms with Crippen molar-refractivity contribution in [1.82, 2.24) is 4.98 Å². The van der Waals surface area contributed by atoms with Crippen molar-refractivity contribution in [2.45, 2.75) is 0 Å². The zero-order valence-corrected chi connectivity index (χ0v) is 13.0. The summed E-state index contributed by atoms with van der Waals surface area (Å²) in [5, 5.41) is 6.32. The van der Waals surface area contributed by atoms with Crippen LogP contribution in [0.15, 0.2) is 52.5 Å². The third-order valence-corrected chi connectivity index (χ3v) is 4.49. The lowest BCUT2D eigenvalue weighted by molar-refractivity contribution is 0.0470. The number of hydrogen-bond donors (Lipinski definition) is 0. The quantitative estimate of drug-likeness (QED) is 0.526. The average Bonchev–Trinajstić information content (AvgIpc) is 3.23. The topological polar surface area (TPSA) is 56.3 Å². The normalized spacial score (nSPS) is 10.4. The molecule has 3 aromatic rings. The lowest BCUT2D eigenvalue weighted by Crippen LogP contribution is -2.14. The highest BCUT2D eigenvalue weighted by atomic mass is 32.1. The summed E-state index contributed by atoms with van der Waals surface area (Å²) in [5.74, 6) is -0.816. The molecular formula is C16H11NO3S2. The van der Waals surface area contributed by atoms with Gasteiger partial charge in [0, 0.05) is 21.9 Å². The molecule has 0 unspecified atom stereocenters. The molecule has 0 saturated heterocycles. The summed E-state index contributed by atoms with van der Waals surface area (Å²) in [6.45, 7) is -0.284. The van der Waals surface area contributed by atoms with E-state index in [0.29, 0.717) is 5.56 Å². The summed E-state index contributed by atoms with van der Waals surface area (Å²) >= 11 is 2.95. The highest BCUT2D eigenvalue weighted by Crippen LogP contribution is 2.25. The van der Waals surface area contributed by atoms with Crippen molar-refractivity contribution in [2.75, 3.05) is 6.61 Å². The van der Waals surface area contributed by atoms with Crippen LogP contribution in [0.25, 0.3) is 10.6 Å². The Morgan fingerprint density at radius 3 is 2.64 bits per heavy atom. The molecule has 0 bridgehead atoms. The van der Waals surface area contributed by atoms with E-state index in [0.717, 1.165) is 10.6 Å². The Bertz CT molecular complexity index is 779. The first-order chi connectivity index (χ1) is 10.7. The van der Waals surface area contributed by atoms with Crippen LogP contribution in [0.3, 0.4) is 0 Å². The van der Waals surface area contributed by atoms with Crippen molar-refractivity contribution in [3.63, 3.8) is 0 Å². The first kappa shape index (κ1) is 14.6. The van der Waals surface area contributed by atoms with Crippen LogP contribution in [0.5, 0.6) is 0 Å². The largest absolute Gasteiger partial charge is 0.453 e. The standard InChI is InChI=1S/C16H11NO3S2/c18-14(11-4-2-1-3-5-11)8-20-16(19)13-10-22-15(17-13)12-6-7-21-9-12/h1-7,9-10H,8H2. The Labute approximate surface area is 135 Å². The van der Waals surface area contributed by atoms with Crippen LogP contribution < -0.4 is 0 Å². The maximum Gasteiger partial charge on any atom is 0.358 e. The lowest BCUT2D eigenvalue weighted by Gasteiger charge is -2.02. The zero-order chi connectivity index (χ0) is 15.4. The minimum absolute atomic E-state index is 0.229. The highest BCUT2D eigenvalue weighted by Gasteiger charge is 2.15. The second kappa shape index (κ2) is 6.64. The van der Waals surface area contributed by atoms with E-state index in [9.17, 15) is 9.59 Å². The van der Waals surface area contributed by atoms with Crippen molar-refractivity contribution in [3.8, 4) is 10.6 Å². The van der Waals surface area contributed by atoms with E-state index in [-0.39, 0.29) is 18.1 Å². The van der Waals surface area contributed by atoms with E-state index >= 15 is 0 Å². The maximum atomic E-state index is 11.9. The van der Waals surface area contributed by atoms with E-state index in [4.69, 9.17) is 4.74 Å². The molecule has 3 rings (SSSR count). The average molecular weight is 329 g/mol. The van der Waals surface area contributed by atoms with Crippen LogP contribution in [0.4, 0.5) is 0 Å². The second-order valence-corrected chi connectivity index (χ2v) is 6.05. The minimum atomic E-state index is -0.581. The van der Waals surface area contributed by atoms with Gasteiger partial charge < -0.3 is 4.74 Å². The molecule has 0 spiro atoms. The van der Waals surface area contributed by atoms with Gasteiger partial charge in [0.25, 0.3) is 0 Å². The van der Waals surface area contributed by atoms with Gasteiger partial charge in [-0.2, -0.15) is 11.3 Å². The Morgan fingerprint density at radius 1 is 1.09 bits per heavy atom. The van der Waals surface area contributed by atoms with Gasteiger partial charge >= 0.3 is 5.97 Å². The van der Waals surface area contributed by atoms with Gasteiger partial charge in [-0.25, -0.2) is 9.78 Å². The van der Waals surface area contributed by atoms with Crippen molar-refractivity contribution in [3.05, 3.63) is 63.8 Å². The van der Waals surface area contributed by atoms with Crippen LogP contribution in [-0.2, 0) is 4.74 Å². The third kappa shape index (κ3) is 3.29. The molecule has 0 fully saturated rings. The molecule has 0 radical (unpaired) electrons. The Hall–Kier alpha value is -2.31. The number of nitrogens with zero attached hydrogens (tertiary/aromatic N) is 1. The summed E-state index contributed by atoms with van der Waals surface area (Å²) in [4.78, 5) is 28.1. The van der Waals surface area contributed by atoms with Gasteiger partial charge in [-0.3, -0.25) is 4.79 Å². The monoisotopic (exact) mass is 329 g/mol. The first-order valence-corrected chi connectivity index (χ1v) is 8.30. The number of thiophene rings is 1. The molecule has 0 N–H and O–H groups in total. The van der Waals surface area contributed by atoms with Gasteiger partial charge in [-0.15, -0.1) is 11.3 Å². The van der Waals surface area contributed by atoms with Crippen molar-refractivity contribution in [2.24, 2.45) is 0 Å². The van der Waals surface area contributed by atoms with Gasteiger partial charge in [-0.05, 0) is 11.4 Å². The molecule has 0 saturated carbocycles.